The molecule has 2 rings (SSSR count). The van der Waals surface area contributed by atoms with Gasteiger partial charge in [-0.15, -0.1) is 0 Å². The number of hydrogen-bond donors (Lipinski definition) is 0. The van der Waals surface area contributed by atoms with Gasteiger partial charge in [0.1, 0.15) is 6.54 Å². The number of aryl methyl sites for hydroxylation is 1. The Morgan fingerprint density at radius 2 is 1.69 bits per heavy atom. The van der Waals surface area contributed by atoms with Gasteiger partial charge in [0.25, 0.3) is 21.4 Å². The van der Waals surface area contributed by atoms with Gasteiger partial charge in [0, 0.05) is 17.7 Å². The number of sulfonamides is 1. The maximum absolute atomic E-state index is 13.2. The van der Waals surface area contributed by atoms with Crippen LogP contribution in [0.15, 0.2) is 41.3 Å². The lowest BCUT2D eigenvalue weighted by Crippen LogP contribution is -2.37. The molecule has 0 N–H and O–H groups in total. The molecule has 0 spiro atoms. The fraction of sp³-hybridized carbons (Fsp3) is 0.235. The third kappa shape index (κ3) is 4.32. The summed E-state index contributed by atoms with van der Waals surface area (Å²) in [7, 11) is -3.43. The Morgan fingerprint density at radius 3 is 2.24 bits per heavy atom. The summed E-state index contributed by atoms with van der Waals surface area (Å²) in [5, 5.41) is 22.4. The first-order chi connectivity index (χ1) is 13.5. The summed E-state index contributed by atoms with van der Waals surface area (Å²) in [5.74, 6) is -0.916. The van der Waals surface area contributed by atoms with Crippen LogP contribution in [0.3, 0.4) is 0 Å². The molecule has 0 aliphatic heterocycles. The molecule has 12 heteroatoms. The van der Waals surface area contributed by atoms with Gasteiger partial charge in [-0.05, 0) is 26.0 Å². The van der Waals surface area contributed by atoms with Crippen LogP contribution in [0.1, 0.15) is 11.1 Å². The van der Waals surface area contributed by atoms with Crippen molar-refractivity contribution in [2.45, 2.75) is 18.7 Å². The molecule has 0 atom stereocenters. The summed E-state index contributed by atoms with van der Waals surface area (Å²) in [4.78, 5) is 32.4. The van der Waals surface area contributed by atoms with E-state index in [0.29, 0.717) is 4.31 Å². The van der Waals surface area contributed by atoms with Crippen molar-refractivity contribution in [3.8, 4) is 0 Å². The molecular weight excluding hydrogens is 406 g/mol. The van der Waals surface area contributed by atoms with Crippen molar-refractivity contribution in [1.29, 1.82) is 0 Å². The SMILES string of the molecule is COC(=O)CN(c1cccc([N+](=O)[O-])c1C)S(=O)(=O)c1ccc(C)c([N+](=O)[O-])c1. The van der Waals surface area contributed by atoms with Gasteiger partial charge in [0.05, 0.1) is 33.1 Å². The van der Waals surface area contributed by atoms with Crippen molar-refractivity contribution < 1.29 is 27.8 Å². The summed E-state index contributed by atoms with van der Waals surface area (Å²) in [5.41, 5.74) is -0.623. The zero-order chi connectivity index (χ0) is 21.9. The van der Waals surface area contributed by atoms with E-state index >= 15 is 0 Å². The molecule has 29 heavy (non-hydrogen) atoms. The molecule has 0 heterocycles. The number of benzene rings is 2. The average molecular weight is 423 g/mol. The summed E-state index contributed by atoms with van der Waals surface area (Å²) >= 11 is 0. The molecule has 0 saturated carbocycles. The highest BCUT2D eigenvalue weighted by atomic mass is 32.2. The van der Waals surface area contributed by atoms with E-state index in [9.17, 15) is 33.4 Å². The third-order valence-electron chi connectivity index (χ3n) is 4.21. The van der Waals surface area contributed by atoms with Crippen LogP contribution in [0, 0.1) is 34.1 Å². The standard InChI is InChI=1S/C17H17N3O8S/c1-11-7-8-13(9-16(11)20(24)25)29(26,27)18(10-17(21)28-3)14-5-4-6-15(12(14)2)19(22)23/h4-9H,10H2,1-3H3. The van der Waals surface area contributed by atoms with Gasteiger partial charge in [0.2, 0.25) is 0 Å². The largest absolute Gasteiger partial charge is 0.468 e. The van der Waals surface area contributed by atoms with Crippen molar-refractivity contribution in [1.82, 2.24) is 0 Å². The molecule has 0 unspecified atom stereocenters. The van der Waals surface area contributed by atoms with Crippen LogP contribution >= 0.6 is 0 Å². The van der Waals surface area contributed by atoms with E-state index in [2.05, 4.69) is 4.74 Å². The fourth-order valence-corrected chi connectivity index (χ4v) is 4.12. The number of ether oxygens (including phenoxy) is 1. The highest BCUT2D eigenvalue weighted by molar-refractivity contribution is 7.92. The Bertz CT molecular complexity index is 1100. The smallest absolute Gasteiger partial charge is 0.326 e. The number of hydrogen-bond acceptors (Lipinski definition) is 8. The van der Waals surface area contributed by atoms with Gasteiger partial charge in [-0.2, -0.15) is 0 Å². The van der Waals surface area contributed by atoms with Gasteiger partial charge >= 0.3 is 5.97 Å². The summed E-state index contributed by atoms with van der Waals surface area (Å²) in [6, 6.07) is 7.07. The van der Waals surface area contributed by atoms with Gasteiger partial charge < -0.3 is 4.74 Å². The van der Waals surface area contributed by atoms with Crippen LogP contribution in [0.5, 0.6) is 0 Å². The molecule has 0 aliphatic carbocycles. The van der Waals surface area contributed by atoms with E-state index in [4.69, 9.17) is 0 Å². The van der Waals surface area contributed by atoms with E-state index in [-0.39, 0.29) is 22.5 Å². The lowest BCUT2D eigenvalue weighted by Gasteiger charge is -2.24. The molecule has 0 bridgehead atoms. The number of nitrogens with zero attached hydrogens (tertiary/aromatic N) is 3. The number of nitro groups is 2. The number of rotatable bonds is 7. The van der Waals surface area contributed by atoms with Gasteiger partial charge in [0.15, 0.2) is 0 Å². The Morgan fingerprint density at radius 1 is 1.07 bits per heavy atom. The minimum atomic E-state index is -4.49. The maximum Gasteiger partial charge on any atom is 0.326 e. The van der Waals surface area contributed by atoms with Crippen molar-refractivity contribution in [2.75, 3.05) is 18.0 Å². The molecule has 0 aromatic heterocycles. The van der Waals surface area contributed by atoms with Gasteiger partial charge in [-0.25, -0.2) is 8.42 Å². The van der Waals surface area contributed by atoms with E-state index in [1.165, 1.54) is 38.1 Å². The molecule has 11 nitrogen and oxygen atoms in total. The quantitative estimate of drug-likeness (QED) is 0.374. The number of methoxy groups -OCH3 is 1. The minimum absolute atomic E-state index is 0.00610. The molecular formula is C17H17N3O8S. The van der Waals surface area contributed by atoms with Crippen LogP contribution in [0.4, 0.5) is 17.1 Å². The molecule has 0 radical (unpaired) electrons. The predicted octanol–water partition coefficient (Wildman–Crippen LogP) is 2.49. The Balaban J connectivity index is 2.72. The Hall–Kier alpha value is -3.54. The first-order valence-corrected chi connectivity index (χ1v) is 9.53. The monoisotopic (exact) mass is 423 g/mol. The summed E-state index contributed by atoms with van der Waals surface area (Å²) < 4.78 is 31.6. The highest BCUT2D eigenvalue weighted by Gasteiger charge is 2.32. The van der Waals surface area contributed by atoms with Crippen molar-refractivity contribution in [2.24, 2.45) is 0 Å². The lowest BCUT2D eigenvalue weighted by atomic mass is 10.1. The van der Waals surface area contributed by atoms with Crippen LogP contribution in [-0.2, 0) is 19.6 Å². The topological polar surface area (TPSA) is 150 Å². The Labute approximate surface area is 165 Å². The van der Waals surface area contributed by atoms with E-state index in [1.807, 2.05) is 0 Å². The van der Waals surface area contributed by atoms with E-state index < -0.39 is 43.0 Å². The molecule has 2 aromatic rings. The van der Waals surface area contributed by atoms with Crippen molar-refractivity contribution in [3.63, 3.8) is 0 Å². The van der Waals surface area contributed by atoms with Crippen LogP contribution in [0.25, 0.3) is 0 Å². The Kier molecular flexibility index (Phi) is 6.17. The van der Waals surface area contributed by atoms with E-state index in [1.54, 1.807) is 0 Å². The second-order valence-electron chi connectivity index (χ2n) is 5.97. The zero-order valence-corrected chi connectivity index (χ0v) is 16.5. The maximum atomic E-state index is 13.2. The molecule has 154 valence electrons. The number of carbonyl (C=O) groups is 1. The van der Waals surface area contributed by atoms with Crippen LogP contribution < -0.4 is 4.31 Å². The first kappa shape index (κ1) is 21.8. The van der Waals surface area contributed by atoms with Gasteiger partial charge in [-0.1, -0.05) is 12.1 Å². The van der Waals surface area contributed by atoms with Crippen LogP contribution in [-0.4, -0.2) is 37.9 Å². The summed E-state index contributed by atoms with van der Waals surface area (Å²) in [6.07, 6.45) is 0. The number of esters is 1. The average Bonchev–Trinajstić information content (AvgIpc) is 2.65. The lowest BCUT2D eigenvalue weighted by molar-refractivity contribution is -0.385. The normalized spacial score (nSPS) is 11.0. The van der Waals surface area contributed by atoms with Crippen LogP contribution in [0.2, 0.25) is 0 Å². The second-order valence-corrected chi connectivity index (χ2v) is 7.83. The highest BCUT2D eigenvalue weighted by Crippen LogP contribution is 2.33. The zero-order valence-electron chi connectivity index (χ0n) is 15.7. The first-order valence-electron chi connectivity index (χ1n) is 8.09. The van der Waals surface area contributed by atoms with E-state index in [0.717, 1.165) is 19.2 Å². The number of anilines is 1. The van der Waals surface area contributed by atoms with Crippen molar-refractivity contribution >= 4 is 33.1 Å². The third-order valence-corrected chi connectivity index (χ3v) is 5.96. The molecule has 0 fully saturated rings. The van der Waals surface area contributed by atoms with Gasteiger partial charge in [-0.3, -0.25) is 29.3 Å². The van der Waals surface area contributed by atoms with Crippen molar-refractivity contribution in [3.05, 3.63) is 67.8 Å². The predicted molar refractivity (Wildman–Crippen MR) is 102 cm³/mol. The molecule has 0 aliphatic rings. The molecule has 2 aromatic carbocycles. The summed E-state index contributed by atoms with van der Waals surface area (Å²) in [6.45, 7) is 2.01. The number of nitro benzene ring substituents is 2. The minimum Gasteiger partial charge on any atom is -0.468 e. The molecule has 0 saturated heterocycles. The fourth-order valence-electron chi connectivity index (χ4n) is 2.63. The number of carbonyl (C=O) groups excluding carboxylic acids is 1. The molecule has 0 amide bonds. The second kappa shape index (κ2) is 8.22.